The molecule has 5 nitrogen and oxygen atoms in total. The minimum Gasteiger partial charge on any atom is -0.406 e. The number of hydrogen-bond donors (Lipinski definition) is 2. The summed E-state index contributed by atoms with van der Waals surface area (Å²) in [5.41, 5.74) is 5.65. The van der Waals surface area contributed by atoms with Gasteiger partial charge in [0.25, 0.3) is 0 Å². The normalized spacial score (nSPS) is 14.9. The second kappa shape index (κ2) is 6.59. The van der Waals surface area contributed by atoms with Crippen LogP contribution in [0.5, 0.6) is 0 Å². The third-order valence-electron chi connectivity index (χ3n) is 2.62. The van der Waals surface area contributed by atoms with E-state index in [1.165, 1.54) is 12.8 Å². The van der Waals surface area contributed by atoms with Crippen molar-refractivity contribution in [1.82, 2.24) is 10.2 Å². The van der Waals surface area contributed by atoms with Gasteiger partial charge in [0.2, 0.25) is 5.89 Å². The summed E-state index contributed by atoms with van der Waals surface area (Å²) < 4.78 is 5.38. The number of hydrogen-bond acceptors (Lipinski definition) is 5. The van der Waals surface area contributed by atoms with Crippen LogP contribution in [0.3, 0.4) is 0 Å². The van der Waals surface area contributed by atoms with Gasteiger partial charge in [-0.05, 0) is 26.2 Å². The van der Waals surface area contributed by atoms with Crippen molar-refractivity contribution in [2.45, 2.75) is 59.0 Å². The lowest BCUT2D eigenvalue weighted by molar-refractivity contribution is 0.463. The van der Waals surface area contributed by atoms with E-state index in [1.807, 2.05) is 6.92 Å². The largest absolute Gasteiger partial charge is 0.406 e. The smallest absolute Gasteiger partial charge is 0.315 e. The zero-order valence-electron chi connectivity index (χ0n) is 11.2. The number of anilines is 1. The van der Waals surface area contributed by atoms with Crippen molar-refractivity contribution in [1.29, 1.82) is 0 Å². The van der Waals surface area contributed by atoms with Crippen LogP contribution in [0, 0.1) is 5.92 Å². The van der Waals surface area contributed by atoms with E-state index < -0.39 is 0 Å². The van der Waals surface area contributed by atoms with Gasteiger partial charge in [-0.15, -0.1) is 5.10 Å². The monoisotopic (exact) mass is 240 g/mol. The van der Waals surface area contributed by atoms with Crippen molar-refractivity contribution in [2.75, 3.05) is 5.32 Å². The van der Waals surface area contributed by atoms with E-state index in [0.717, 1.165) is 12.3 Å². The zero-order valence-corrected chi connectivity index (χ0v) is 11.2. The van der Waals surface area contributed by atoms with Gasteiger partial charge < -0.3 is 15.5 Å². The predicted octanol–water partition coefficient (Wildman–Crippen LogP) is 2.72. The predicted molar refractivity (Wildman–Crippen MR) is 68.7 cm³/mol. The van der Waals surface area contributed by atoms with Crippen LogP contribution >= 0.6 is 0 Å². The molecule has 0 fully saturated rings. The first-order chi connectivity index (χ1) is 7.99. The zero-order chi connectivity index (χ0) is 12.8. The second-order valence-corrected chi connectivity index (χ2v) is 5.10. The van der Waals surface area contributed by atoms with Gasteiger partial charge in [-0.3, -0.25) is 0 Å². The standard InChI is InChI=1S/C12H24N4O/c1-8(2)6-5-7-9(3)14-12-16-15-11(17-12)10(4)13/h8-10H,5-7,13H2,1-4H3,(H,14,16). The lowest BCUT2D eigenvalue weighted by atomic mass is 10.0. The van der Waals surface area contributed by atoms with Crippen LogP contribution in [-0.4, -0.2) is 16.2 Å². The molecular weight excluding hydrogens is 216 g/mol. The van der Waals surface area contributed by atoms with Crippen LogP contribution in [0.4, 0.5) is 6.01 Å². The molecule has 3 N–H and O–H groups in total. The Labute approximate surface area is 103 Å². The van der Waals surface area contributed by atoms with Crippen LogP contribution in [0.15, 0.2) is 4.42 Å². The number of nitrogens with zero attached hydrogens (tertiary/aromatic N) is 2. The Morgan fingerprint density at radius 2 is 1.88 bits per heavy atom. The molecule has 0 aliphatic carbocycles. The number of nitrogens with one attached hydrogen (secondary N) is 1. The molecule has 0 aliphatic heterocycles. The summed E-state index contributed by atoms with van der Waals surface area (Å²) in [4.78, 5) is 0. The van der Waals surface area contributed by atoms with Crippen molar-refractivity contribution in [3.8, 4) is 0 Å². The molecule has 1 heterocycles. The van der Waals surface area contributed by atoms with Crippen LogP contribution < -0.4 is 11.1 Å². The first kappa shape index (κ1) is 14.0. The molecule has 2 unspecified atom stereocenters. The second-order valence-electron chi connectivity index (χ2n) is 5.10. The molecule has 1 aromatic heterocycles. The van der Waals surface area contributed by atoms with Crippen LogP contribution in [0.2, 0.25) is 0 Å². The molecule has 0 radical (unpaired) electrons. The van der Waals surface area contributed by atoms with Gasteiger partial charge in [0.15, 0.2) is 0 Å². The molecule has 0 spiro atoms. The first-order valence-corrected chi connectivity index (χ1v) is 6.34. The fourth-order valence-electron chi connectivity index (χ4n) is 1.59. The average Bonchev–Trinajstić information content (AvgIpc) is 2.65. The maximum absolute atomic E-state index is 5.65. The molecule has 0 aromatic carbocycles. The van der Waals surface area contributed by atoms with Crippen molar-refractivity contribution in [2.24, 2.45) is 11.7 Å². The average molecular weight is 240 g/mol. The maximum atomic E-state index is 5.65. The molecule has 98 valence electrons. The molecule has 0 amide bonds. The van der Waals surface area contributed by atoms with E-state index in [-0.39, 0.29) is 6.04 Å². The minimum atomic E-state index is -0.214. The molecule has 17 heavy (non-hydrogen) atoms. The Balaban J connectivity index is 2.32. The van der Waals surface area contributed by atoms with Crippen molar-refractivity contribution < 1.29 is 4.42 Å². The quantitative estimate of drug-likeness (QED) is 0.766. The summed E-state index contributed by atoms with van der Waals surface area (Å²) in [7, 11) is 0. The van der Waals surface area contributed by atoms with Gasteiger partial charge in [0.1, 0.15) is 0 Å². The summed E-state index contributed by atoms with van der Waals surface area (Å²) in [5.74, 6) is 1.23. The summed E-state index contributed by atoms with van der Waals surface area (Å²) in [6.45, 7) is 8.43. The van der Waals surface area contributed by atoms with Gasteiger partial charge in [0.05, 0.1) is 6.04 Å². The summed E-state index contributed by atoms with van der Waals surface area (Å²) in [6.07, 6.45) is 3.56. The molecule has 0 bridgehead atoms. The summed E-state index contributed by atoms with van der Waals surface area (Å²) >= 11 is 0. The molecule has 5 heteroatoms. The van der Waals surface area contributed by atoms with Gasteiger partial charge in [0, 0.05) is 6.04 Å². The SMILES string of the molecule is CC(C)CCCC(C)Nc1nnc(C(C)N)o1. The Hall–Kier alpha value is -1.10. The molecule has 0 saturated heterocycles. The molecule has 0 saturated carbocycles. The van der Waals surface area contributed by atoms with Crippen molar-refractivity contribution in [3.05, 3.63) is 5.89 Å². The highest BCUT2D eigenvalue weighted by molar-refractivity contribution is 5.19. The Morgan fingerprint density at radius 1 is 1.18 bits per heavy atom. The number of rotatable bonds is 7. The topological polar surface area (TPSA) is 77.0 Å². The lowest BCUT2D eigenvalue weighted by Gasteiger charge is -2.12. The Morgan fingerprint density at radius 3 is 2.41 bits per heavy atom. The third-order valence-corrected chi connectivity index (χ3v) is 2.62. The fraction of sp³-hybridized carbons (Fsp3) is 0.833. The first-order valence-electron chi connectivity index (χ1n) is 6.34. The Kier molecular flexibility index (Phi) is 5.41. The van der Waals surface area contributed by atoms with Gasteiger partial charge in [-0.1, -0.05) is 31.8 Å². The Bertz CT molecular complexity index is 322. The van der Waals surface area contributed by atoms with E-state index in [9.17, 15) is 0 Å². The summed E-state index contributed by atoms with van der Waals surface area (Å²) in [6, 6.07) is 0.596. The van der Waals surface area contributed by atoms with Crippen LogP contribution in [0.25, 0.3) is 0 Å². The van der Waals surface area contributed by atoms with Crippen LogP contribution in [-0.2, 0) is 0 Å². The highest BCUT2D eigenvalue weighted by Crippen LogP contribution is 2.14. The van der Waals surface area contributed by atoms with Gasteiger partial charge in [-0.25, -0.2) is 0 Å². The highest BCUT2D eigenvalue weighted by Gasteiger charge is 2.11. The van der Waals surface area contributed by atoms with Crippen molar-refractivity contribution in [3.63, 3.8) is 0 Å². The number of aromatic nitrogens is 2. The fourth-order valence-corrected chi connectivity index (χ4v) is 1.59. The minimum absolute atomic E-state index is 0.214. The van der Waals surface area contributed by atoms with E-state index in [4.69, 9.17) is 10.2 Å². The maximum Gasteiger partial charge on any atom is 0.315 e. The molecule has 0 aliphatic rings. The van der Waals surface area contributed by atoms with E-state index >= 15 is 0 Å². The molecular formula is C12H24N4O. The van der Waals surface area contributed by atoms with E-state index in [0.29, 0.717) is 17.9 Å². The van der Waals surface area contributed by atoms with E-state index in [1.54, 1.807) is 0 Å². The molecule has 1 aromatic rings. The van der Waals surface area contributed by atoms with Gasteiger partial charge >= 0.3 is 6.01 Å². The summed E-state index contributed by atoms with van der Waals surface area (Å²) in [5, 5.41) is 11.0. The van der Waals surface area contributed by atoms with Gasteiger partial charge in [-0.2, -0.15) is 0 Å². The van der Waals surface area contributed by atoms with Crippen molar-refractivity contribution >= 4 is 6.01 Å². The molecule has 2 atom stereocenters. The van der Waals surface area contributed by atoms with Crippen LogP contribution in [0.1, 0.15) is 58.9 Å². The number of nitrogens with two attached hydrogens (primary N) is 1. The molecule has 1 rings (SSSR count). The lowest BCUT2D eigenvalue weighted by Crippen LogP contribution is -2.15. The van der Waals surface area contributed by atoms with E-state index in [2.05, 4.69) is 36.3 Å². The third kappa shape index (κ3) is 5.17. The highest BCUT2D eigenvalue weighted by atomic mass is 16.4.